The van der Waals surface area contributed by atoms with E-state index >= 15 is 0 Å². The van der Waals surface area contributed by atoms with E-state index in [1.165, 1.54) is 11.1 Å². The van der Waals surface area contributed by atoms with Gasteiger partial charge in [0.1, 0.15) is 17.3 Å². The summed E-state index contributed by atoms with van der Waals surface area (Å²) in [6.07, 6.45) is 7.31. The van der Waals surface area contributed by atoms with Crippen LogP contribution in [0.3, 0.4) is 0 Å². The van der Waals surface area contributed by atoms with Crippen LogP contribution in [0, 0.1) is 23.2 Å². The molecule has 0 heterocycles. The maximum atomic E-state index is 12.2. The second kappa shape index (κ2) is 7.40. The zero-order valence-corrected chi connectivity index (χ0v) is 18.4. The van der Waals surface area contributed by atoms with Gasteiger partial charge in [-0.15, -0.1) is 0 Å². The fourth-order valence-electron chi connectivity index (χ4n) is 7.58. The summed E-state index contributed by atoms with van der Waals surface area (Å²) < 4.78 is 11.3. The Morgan fingerprint density at radius 1 is 1.07 bits per heavy atom. The van der Waals surface area contributed by atoms with Gasteiger partial charge in [-0.1, -0.05) is 24.1 Å². The van der Waals surface area contributed by atoms with Crippen LogP contribution in [0.4, 0.5) is 0 Å². The van der Waals surface area contributed by atoms with Crippen LogP contribution in [0.2, 0.25) is 0 Å². The average molecular weight is 411 g/mol. The Balaban J connectivity index is 1.64. The van der Waals surface area contributed by atoms with E-state index in [-0.39, 0.29) is 11.5 Å². The molecule has 4 aliphatic rings. The smallest absolute Gasteiger partial charge is 0.137 e. The van der Waals surface area contributed by atoms with E-state index in [2.05, 4.69) is 13.0 Å². The van der Waals surface area contributed by atoms with Crippen LogP contribution >= 0.6 is 0 Å². The first-order chi connectivity index (χ1) is 14.5. The van der Waals surface area contributed by atoms with Gasteiger partial charge in [0, 0.05) is 18.9 Å². The van der Waals surface area contributed by atoms with Crippen molar-refractivity contribution in [2.45, 2.75) is 70.3 Å². The van der Waals surface area contributed by atoms with Gasteiger partial charge in [0.25, 0.3) is 0 Å². The minimum atomic E-state index is -0.224. The van der Waals surface area contributed by atoms with E-state index in [0.717, 1.165) is 50.0 Å². The van der Waals surface area contributed by atoms with Crippen LogP contribution in [0.5, 0.6) is 11.5 Å². The lowest BCUT2D eigenvalue weighted by Crippen LogP contribution is -2.48. The molecule has 6 atom stereocenters. The molecule has 0 saturated heterocycles. The van der Waals surface area contributed by atoms with Crippen LogP contribution in [0.1, 0.15) is 69.8 Å². The zero-order valence-electron chi connectivity index (χ0n) is 18.4. The van der Waals surface area contributed by atoms with Crippen molar-refractivity contribution in [2.24, 2.45) is 23.2 Å². The topological polar surface area (TPSA) is 55.8 Å². The fraction of sp³-hybridized carbons (Fsp3) is 0.654. The SMILES string of the molecule is COc1ccc([C@H]2C[C@]3(C)[C@@H](O)CC[C@H]3[C@@H]3CCC4=C(CCC(=O)C4)[C@H]32)c(OC)c1. The number of fused-ring (bicyclic) bond motifs is 4. The third-order valence-corrected chi connectivity index (χ3v) is 8.99. The van der Waals surface area contributed by atoms with Crippen LogP contribution in [0.25, 0.3) is 0 Å². The van der Waals surface area contributed by atoms with Crippen molar-refractivity contribution in [3.63, 3.8) is 0 Å². The molecule has 30 heavy (non-hydrogen) atoms. The molecular weight excluding hydrogens is 376 g/mol. The number of Topliss-reactive ketones (excluding diaryl/α,β-unsaturated/α-hetero) is 1. The molecule has 2 fully saturated rings. The van der Waals surface area contributed by atoms with Gasteiger partial charge in [0.2, 0.25) is 0 Å². The molecule has 1 N–H and O–H groups in total. The van der Waals surface area contributed by atoms with Crippen molar-refractivity contribution in [3.05, 3.63) is 34.9 Å². The van der Waals surface area contributed by atoms with Gasteiger partial charge in [-0.05, 0) is 79.2 Å². The van der Waals surface area contributed by atoms with Gasteiger partial charge in [-0.2, -0.15) is 0 Å². The molecule has 0 radical (unpaired) electrons. The average Bonchev–Trinajstić information content (AvgIpc) is 3.06. The number of carbonyl (C=O) groups excluding carboxylic acids is 1. The Morgan fingerprint density at radius 3 is 2.67 bits per heavy atom. The normalized spacial score (nSPS) is 38.0. The van der Waals surface area contributed by atoms with Crippen LogP contribution in [-0.2, 0) is 4.79 Å². The molecule has 1 aromatic carbocycles. The summed E-state index contributed by atoms with van der Waals surface area (Å²) in [5.74, 6) is 4.03. The van der Waals surface area contributed by atoms with Gasteiger partial charge in [0.05, 0.1) is 20.3 Å². The number of rotatable bonds is 3. The highest BCUT2D eigenvalue weighted by molar-refractivity contribution is 5.82. The van der Waals surface area contributed by atoms with Crippen molar-refractivity contribution in [2.75, 3.05) is 14.2 Å². The second-order valence-corrected chi connectivity index (χ2v) is 10.2. The molecule has 0 unspecified atom stereocenters. The van der Waals surface area contributed by atoms with Gasteiger partial charge >= 0.3 is 0 Å². The molecule has 162 valence electrons. The highest BCUT2D eigenvalue weighted by Crippen LogP contribution is 2.65. The standard InChI is InChI=1S/C26H34O4/c1-26-14-21(19-9-6-17(29-2)13-23(19)30-3)25-18-8-5-16(27)12-15(18)4-7-20(25)22(26)10-11-24(26)28/h6,9,13,20-22,24-25,28H,4-5,7-8,10-12,14H2,1-3H3/t20-,21+,22-,24-,25+,26-/m0/s1. The minimum Gasteiger partial charge on any atom is -0.497 e. The Bertz CT molecular complexity index is 887. The molecule has 5 rings (SSSR count). The summed E-state index contributed by atoms with van der Waals surface area (Å²) >= 11 is 0. The number of methoxy groups -OCH3 is 2. The summed E-state index contributed by atoms with van der Waals surface area (Å²) in [6.45, 7) is 2.32. The molecule has 0 aliphatic heterocycles. The molecule has 4 nitrogen and oxygen atoms in total. The number of hydrogen-bond donors (Lipinski definition) is 1. The number of ether oxygens (including phenoxy) is 2. The number of aliphatic hydroxyl groups is 1. The number of carbonyl (C=O) groups is 1. The molecular formula is C26H34O4. The lowest BCUT2D eigenvalue weighted by molar-refractivity contribution is -0.119. The van der Waals surface area contributed by atoms with Gasteiger partial charge in [-0.3, -0.25) is 4.79 Å². The second-order valence-electron chi connectivity index (χ2n) is 10.2. The molecule has 1 aromatic rings. The molecule has 0 aromatic heterocycles. The van der Waals surface area contributed by atoms with Gasteiger partial charge in [0.15, 0.2) is 0 Å². The highest BCUT2D eigenvalue weighted by atomic mass is 16.5. The van der Waals surface area contributed by atoms with Gasteiger partial charge in [-0.25, -0.2) is 0 Å². The van der Waals surface area contributed by atoms with E-state index in [9.17, 15) is 9.90 Å². The van der Waals surface area contributed by atoms with Gasteiger partial charge < -0.3 is 14.6 Å². The van der Waals surface area contributed by atoms with Crippen LogP contribution < -0.4 is 9.47 Å². The van der Waals surface area contributed by atoms with Crippen molar-refractivity contribution in [1.29, 1.82) is 0 Å². The van der Waals surface area contributed by atoms with Crippen LogP contribution in [-0.4, -0.2) is 31.2 Å². The van der Waals surface area contributed by atoms with Crippen molar-refractivity contribution < 1.29 is 19.4 Å². The van der Waals surface area contributed by atoms with E-state index in [0.29, 0.717) is 42.3 Å². The first-order valence-corrected chi connectivity index (χ1v) is 11.6. The lowest BCUT2D eigenvalue weighted by atomic mass is 9.50. The van der Waals surface area contributed by atoms with Crippen molar-refractivity contribution in [1.82, 2.24) is 0 Å². The summed E-state index contributed by atoms with van der Waals surface area (Å²) in [5, 5.41) is 11.0. The van der Waals surface area contributed by atoms with E-state index in [1.54, 1.807) is 19.8 Å². The van der Waals surface area contributed by atoms with E-state index in [1.807, 2.05) is 12.1 Å². The number of allylic oxidation sites excluding steroid dienone is 2. The quantitative estimate of drug-likeness (QED) is 0.709. The van der Waals surface area contributed by atoms with E-state index < -0.39 is 0 Å². The van der Waals surface area contributed by atoms with Crippen LogP contribution in [0.15, 0.2) is 29.3 Å². The maximum Gasteiger partial charge on any atom is 0.137 e. The maximum absolute atomic E-state index is 12.2. The molecule has 0 spiro atoms. The minimum absolute atomic E-state index is 0.0423. The van der Waals surface area contributed by atoms with E-state index in [4.69, 9.17) is 9.47 Å². The molecule has 4 heteroatoms. The first-order valence-electron chi connectivity index (χ1n) is 11.6. The van der Waals surface area contributed by atoms with Crippen molar-refractivity contribution in [3.8, 4) is 11.5 Å². The largest absolute Gasteiger partial charge is 0.497 e. The Hall–Kier alpha value is -1.81. The molecule has 0 bridgehead atoms. The zero-order chi connectivity index (χ0) is 21.0. The Kier molecular flexibility index (Phi) is 4.96. The van der Waals surface area contributed by atoms with Crippen molar-refractivity contribution >= 4 is 5.78 Å². The molecule has 2 saturated carbocycles. The Morgan fingerprint density at radius 2 is 1.90 bits per heavy atom. The Labute approximate surface area is 179 Å². The number of hydrogen-bond acceptors (Lipinski definition) is 4. The summed E-state index contributed by atoms with van der Waals surface area (Å²) in [4.78, 5) is 12.2. The fourth-order valence-corrected chi connectivity index (χ4v) is 7.58. The number of ketones is 1. The summed E-state index contributed by atoms with van der Waals surface area (Å²) in [6, 6.07) is 6.20. The predicted octanol–water partition coefficient (Wildman–Crippen LogP) is 5.04. The summed E-state index contributed by atoms with van der Waals surface area (Å²) in [7, 11) is 3.42. The molecule has 0 amide bonds. The lowest BCUT2D eigenvalue weighted by Gasteiger charge is -2.55. The monoisotopic (exact) mass is 410 g/mol. The number of benzene rings is 1. The third-order valence-electron chi connectivity index (χ3n) is 8.99. The number of aliphatic hydroxyl groups excluding tert-OH is 1. The highest BCUT2D eigenvalue weighted by Gasteiger charge is 2.58. The molecule has 4 aliphatic carbocycles. The first kappa shape index (κ1) is 20.1. The summed E-state index contributed by atoms with van der Waals surface area (Å²) in [5.41, 5.74) is 4.18. The predicted molar refractivity (Wildman–Crippen MR) is 116 cm³/mol. The third kappa shape index (κ3) is 2.94.